The number of ether oxygens (including phenoxy) is 1. The number of rotatable bonds is 7. The van der Waals surface area contributed by atoms with Crippen molar-refractivity contribution in [2.24, 2.45) is 0 Å². The Morgan fingerprint density at radius 2 is 2.29 bits per heavy atom. The molecule has 8 heteroatoms. The van der Waals surface area contributed by atoms with Gasteiger partial charge in [0.1, 0.15) is 5.69 Å². The Morgan fingerprint density at radius 3 is 2.86 bits per heavy atom. The van der Waals surface area contributed by atoms with Crippen molar-refractivity contribution in [3.05, 3.63) is 23.0 Å². The van der Waals surface area contributed by atoms with Crippen LogP contribution in [0.15, 0.2) is 11.6 Å². The number of hydrogen-bond donors (Lipinski definition) is 1. The fourth-order valence-corrected chi connectivity index (χ4v) is 2.48. The zero-order chi connectivity index (χ0) is 15.4. The molecule has 0 aromatic carbocycles. The van der Waals surface area contributed by atoms with Gasteiger partial charge in [0.2, 0.25) is 0 Å². The number of Topliss-reactive ketones (excluding diaryl/α,β-unsaturated/α-hetero) is 1. The number of anilines is 1. The molecule has 0 saturated heterocycles. The van der Waals surface area contributed by atoms with Crippen LogP contribution in [0.5, 0.6) is 5.75 Å². The minimum atomic E-state index is -0.0755. The normalized spacial score (nSPS) is 11.0. The fraction of sp³-hybridized carbons (Fsp3) is 0.462. The van der Waals surface area contributed by atoms with Crippen molar-refractivity contribution in [3.8, 4) is 5.75 Å². The van der Waals surface area contributed by atoms with Gasteiger partial charge in [0.25, 0.3) is 0 Å². The number of ketones is 1. The average molecular weight is 309 g/mol. The van der Waals surface area contributed by atoms with Crippen molar-refractivity contribution in [1.82, 2.24) is 19.7 Å². The van der Waals surface area contributed by atoms with Gasteiger partial charge in [-0.15, -0.1) is 11.3 Å². The minimum absolute atomic E-state index is 0.0755. The van der Waals surface area contributed by atoms with E-state index in [4.69, 9.17) is 10.5 Å². The van der Waals surface area contributed by atoms with Crippen LogP contribution in [0.25, 0.3) is 0 Å². The van der Waals surface area contributed by atoms with E-state index in [0.717, 1.165) is 6.54 Å². The fourth-order valence-electron chi connectivity index (χ4n) is 1.92. The van der Waals surface area contributed by atoms with Gasteiger partial charge in [-0.1, -0.05) is 0 Å². The molecule has 0 saturated carbocycles. The molecule has 0 spiro atoms. The third-order valence-corrected chi connectivity index (χ3v) is 3.68. The Balaban J connectivity index is 2.19. The van der Waals surface area contributed by atoms with E-state index < -0.39 is 0 Å². The topological polar surface area (TPSA) is 86.3 Å². The lowest BCUT2D eigenvalue weighted by Gasteiger charge is -2.11. The highest BCUT2D eigenvalue weighted by Crippen LogP contribution is 2.21. The van der Waals surface area contributed by atoms with Crippen LogP contribution in [0.3, 0.4) is 0 Å². The molecule has 0 radical (unpaired) electrons. The van der Waals surface area contributed by atoms with Crippen molar-refractivity contribution in [1.29, 1.82) is 0 Å². The third kappa shape index (κ3) is 3.79. The van der Waals surface area contributed by atoms with E-state index in [2.05, 4.69) is 10.1 Å². The second kappa shape index (κ2) is 6.68. The molecular formula is C13H19N5O2S. The summed E-state index contributed by atoms with van der Waals surface area (Å²) in [7, 11) is 5.48. The smallest absolute Gasteiger partial charge is 0.190 e. The molecule has 0 amide bonds. The van der Waals surface area contributed by atoms with E-state index in [-0.39, 0.29) is 12.2 Å². The minimum Gasteiger partial charge on any atom is -0.493 e. The van der Waals surface area contributed by atoms with Crippen molar-refractivity contribution < 1.29 is 9.53 Å². The Morgan fingerprint density at radius 1 is 1.52 bits per heavy atom. The van der Waals surface area contributed by atoms with Crippen molar-refractivity contribution in [2.45, 2.75) is 13.0 Å². The van der Waals surface area contributed by atoms with Gasteiger partial charge in [0.05, 0.1) is 32.0 Å². The Hall–Kier alpha value is -1.93. The van der Waals surface area contributed by atoms with Crippen LogP contribution < -0.4 is 10.5 Å². The molecule has 2 aromatic rings. The van der Waals surface area contributed by atoms with E-state index in [1.807, 2.05) is 19.0 Å². The summed E-state index contributed by atoms with van der Waals surface area (Å²) in [6.07, 6.45) is 1.76. The van der Waals surface area contributed by atoms with Crippen molar-refractivity contribution in [2.75, 3.05) is 33.5 Å². The van der Waals surface area contributed by atoms with Crippen LogP contribution in [0.1, 0.15) is 16.2 Å². The quantitative estimate of drug-likeness (QED) is 0.765. The first-order valence-electron chi connectivity index (χ1n) is 6.49. The number of carbonyl (C=O) groups excluding carboxylic acids is 1. The van der Waals surface area contributed by atoms with Gasteiger partial charge in [0.15, 0.2) is 16.7 Å². The number of nitrogens with zero attached hydrogens (tertiary/aromatic N) is 4. The van der Waals surface area contributed by atoms with Gasteiger partial charge in [-0.2, -0.15) is 5.10 Å². The van der Waals surface area contributed by atoms with Crippen LogP contribution in [0, 0.1) is 0 Å². The summed E-state index contributed by atoms with van der Waals surface area (Å²) in [5.41, 5.74) is 6.74. The molecule has 0 aliphatic carbocycles. The van der Waals surface area contributed by atoms with Gasteiger partial charge in [0, 0.05) is 11.9 Å². The van der Waals surface area contributed by atoms with Crippen LogP contribution in [0.4, 0.5) is 5.13 Å². The Bertz CT molecular complexity index is 620. The number of nitrogen functional groups attached to an aromatic ring is 1. The second-order valence-electron chi connectivity index (χ2n) is 4.87. The van der Waals surface area contributed by atoms with Crippen LogP contribution >= 0.6 is 11.3 Å². The van der Waals surface area contributed by atoms with Gasteiger partial charge < -0.3 is 15.4 Å². The van der Waals surface area contributed by atoms with Gasteiger partial charge in [-0.3, -0.25) is 9.48 Å². The summed E-state index contributed by atoms with van der Waals surface area (Å²) in [5, 5.41) is 6.48. The summed E-state index contributed by atoms with van der Waals surface area (Å²) < 4.78 is 6.91. The Labute approximate surface area is 127 Å². The maximum atomic E-state index is 12.5. The van der Waals surface area contributed by atoms with E-state index in [0.29, 0.717) is 28.8 Å². The number of carbonyl (C=O) groups is 1. The second-order valence-corrected chi connectivity index (χ2v) is 5.75. The van der Waals surface area contributed by atoms with Crippen LogP contribution in [-0.2, 0) is 13.0 Å². The number of hydrogen-bond acceptors (Lipinski definition) is 7. The maximum absolute atomic E-state index is 12.5. The van der Waals surface area contributed by atoms with E-state index >= 15 is 0 Å². The molecule has 0 fully saturated rings. The van der Waals surface area contributed by atoms with E-state index in [1.165, 1.54) is 18.4 Å². The molecule has 0 bridgehead atoms. The highest BCUT2D eigenvalue weighted by Gasteiger charge is 2.20. The van der Waals surface area contributed by atoms with Gasteiger partial charge >= 0.3 is 0 Å². The van der Waals surface area contributed by atoms with E-state index in [1.54, 1.807) is 16.3 Å². The molecule has 0 aliphatic rings. The zero-order valence-corrected chi connectivity index (χ0v) is 13.2. The maximum Gasteiger partial charge on any atom is 0.190 e. The number of nitrogens with two attached hydrogens (primary N) is 1. The molecule has 2 rings (SSSR count). The molecule has 2 heterocycles. The average Bonchev–Trinajstić information content (AvgIpc) is 3.02. The highest BCUT2D eigenvalue weighted by atomic mass is 32.1. The van der Waals surface area contributed by atoms with Crippen LogP contribution in [0.2, 0.25) is 0 Å². The first-order chi connectivity index (χ1) is 10.0. The zero-order valence-electron chi connectivity index (χ0n) is 12.4. The monoisotopic (exact) mass is 309 g/mol. The van der Waals surface area contributed by atoms with Gasteiger partial charge in [-0.25, -0.2) is 4.98 Å². The molecule has 0 unspecified atom stereocenters. The molecule has 114 valence electrons. The molecule has 21 heavy (non-hydrogen) atoms. The summed E-state index contributed by atoms with van der Waals surface area (Å²) in [4.78, 5) is 18.6. The summed E-state index contributed by atoms with van der Waals surface area (Å²) in [6, 6.07) is 0. The molecule has 2 N–H and O–H groups in total. The standard InChI is InChI=1S/C13H19N5O2S/c1-17(2)4-5-18-12(11(20-3)7-15-18)10(19)6-9-8-21-13(14)16-9/h7-8H,4-6H2,1-3H3,(H2,14,16). The number of methoxy groups -OCH3 is 1. The number of thiazole rings is 1. The first-order valence-corrected chi connectivity index (χ1v) is 7.37. The lowest BCUT2D eigenvalue weighted by Crippen LogP contribution is -2.22. The predicted octanol–water partition coefficient (Wildman–Crippen LogP) is 0.917. The largest absolute Gasteiger partial charge is 0.493 e. The first kappa shape index (κ1) is 15.5. The third-order valence-electron chi connectivity index (χ3n) is 2.96. The lowest BCUT2D eigenvalue weighted by atomic mass is 10.1. The SMILES string of the molecule is COc1cnn(CCN(C)C)c1C(=O)Cc1csc(N)n1. The summed E-state index contributed by atoms with van der Waals surface area (Å²) in [6.45, 7) is 1.41. The highest BCUT2D eigenvalue weighted by molar-refractivity contribution is 7.13. The summed E-state index contributed by atoms with van der Waals surface area (Å²) in [5.74, 6) is 0.412. The van der Waals surface area contributed by atoms with Crippen molar-refractivity contribution >= 4 is 22.3 Å². The molecule has 0 aliphatic heterocycles. The molecule has 0 atom stereocenters. The summed E-state index contributed by atoms with van der Waals surface area (Å²) >= 11 is 1.33. The molecular weight excluding hydrogens is 290 g/mol. The lowest BCUT2D eigenvalue weighted by molar-refractivity contribution is 0.0978. The predicted molar refractivity (Wildman–Crippen MR) is 81.9 cm³/mol. The number of likely N-dealkylation sites (N-methyl/N-ethyl adjacent to an activating group) is 1. The van der Waals surface area contributed by atoms with Crippen molar-refractivity contribution in [3.63, 3.8) is 0 Å². The van der Waals surface area contributed by atoms with Gasteiger partial charge in [-0.05, 0) is 14.1 Å². The molecule has 2 aromatic heterocycles. The molecule has 7 nitrogen and oxygen atoms in total. The number of aromatic nitrogens is 3. The Kier molecular flexibility index (Phi) is 4.92. The van der Waals surface area contributed by atoms with Crippen LogP contribution in [-0.4, -0.2) is 53.2 Å². The van der Waals surface area contributed by atoms with E-state index in [9.17, 15) is 4.79 Å².